The molecule has 5 nitrogen and oxygen atoms in total. The molecular formula is C18H20N4O. The van der Waals surface area contributed by atoms with Crippen LogP contribution in [0.15, 0.2) is 36.7 Å². The summed E-state index contributed by atoms with van der Waals surface area (Å²) in [7, 11) is 1.88. The van der Waals surface area contributed by atoms with Crippen molar-refractivity contribution < 1.29 is 4.79 Å². The summed E-state index contributed by atoms with van der Waals surface area (Å²) in [5.41, 5.74) is 5.08. The van der Waals surface area contributed by atoms with Gasteiger partial charge in [-0.05, 0) is 55.7 Å². The lowest BCUT2D eigenvalue weighted by molar-refractivity contribution is -0.116. The largest absolute Gasteiger partial charge is 0.325 e. The molecule has 0 bridgehead atoms. The Balaban J connectivity index is 1.80. The Bertz CT molecular complexity index is 867. The van der Waals surface area contributed by atoms with Crippen molar-refractivity contribution in [2.75, 3.05) is 5.32 Å². The van der Waals surface area contributed by atoms with Crippen LogP contribution >= 0.6 is 0 Å². The van der Waals surface area contributed by atoms with Gasteiger partial charge in [0.2, 0.25) is 5.91 Å². The highest BCUT2D eigenvalue weighted by Crippen LogP contribution is 2.27. The molecule has 0 radical (unpaired) electrons. The number of rotatable bonds is 4. The molecule has 0 fully saturated rings. The minimum Gasteiger partial charge on any atom is -0.325 e. The molecule has 0 unspecified atom stereocenters. The third-order valence-electron chi connectivity index (χ3n) is 4.21. The molecule has 0 saturated carbocycles. The van der Waals surface area contributed by atoms with Crippen molar-refractivity contribution >= 4 is 22.5 Å². The number of amides is 1. The number of benzene rings is 1. The lowest BCUT2D eigenvalue weighted by Gasteiger charge is -2.12. The van der Waals surface area contributed by atoms with Crippen LogP contribution in [0.5, 0.6) is 0 Å². The standard InChI is InChI=1S/C18H20N4O/c1-12-11-16(15-5-4-9-19-18(15)13(12)2)21-17(23)7-6-14-8-10-20-22(14)3/h4-5,8-11H,6-7H2,1-3H3,(H,21,23). The lowest BCUT2D eigenvalue weighted by atomic mass is 10.0. The van der Waals surface area contributed by atoms with Crippen molar-refractivity contribution in [3.63, 3.8) is 0 Å². The van der Waals surface area contributed by atoms with Gasteiger partial charge in [-0.1, -0.05) is 0 Å². The van der Waals surface area contributed by atoms with Crippen molar-refractivity contribution in [2.24, 2.45) is 7.05 Å². The number of aromatic nitrogens is 3. The molecule has 3 rings (SSSR count). The summed E-state index contributed by atoms with van der Waals surface area (Å²) in [6.07, 6.45) is 4.62. The minimum atomic E-state index is -0.000365. The van der Waals surface area contributed by atoms with Crippen LogP contribution in [0.3, 0.4) is 0 Å². The molecule has 3 aromatic rings. The first-order chi connectivity index (χ1) is 11.1. The predicted molar refractivity (Wildman–Crippen MR) is 91.4 cm³/mol. The molecule has 0 aliphatic carbocycles. The third kappa shape index (κ3) is 3.08. The number of carbonyl (C=O) groups is 1. The van der Waals surface area contributed by atoms with Crippen LogP contribution in [-0.4, -0.2) is 20.7 Å². The molecule has 0 saturated heterocycles. The van der Waals surface area contributed by atoms with Gasteiger partial charge in [-0.15, -0.1) is 0 Å². The van der Waals surface area contributed by atoms with E-state index in [1.54, 1.807) is 17.1 Å². The first-order valence-electron chi connectivity index (χ1n) is 7.68. The van der Waals surface area contributed by atoms with Gasteiger partial charge in [-0.25, -0.2) is 0 Å². The molecule has 0 spiro atoms. The maximum atomic E-state index is 12.3. The number of fused-ring (bicyclic) bond motifs is 1. The molecule has 5 heteroatoms. The summed E-state index contributed by atoms with van der Waals surface area (Å²) < 4.78 is 1.79. The van der Waals surface area contributed by atoms with E-state index >= 15 is 0 Å². The maximum Gasteiger partial charge on any atom is 0.224 e. The van der Waals surface area contributed by atoms with Crippen LogP contribution < -0.4 is 5.32 Å². The number of nitrogens with one attached hydrogen (secondary N) is 1. The molecule has 1 aromatic carbocycles. The summed E-state index contributed by atoms with van der Waals surface area (Å²) in [4.78, 5) is 16.7. The monoisotopic (exact) mass is 308 g/mol. The van der Waals surface area contributed by atoms with E-state index in [0.29, 0.717) is 12.8 Å². The topological polar surface area (TPSA) is 59.8 Å². The first-order valence-corrected chi connectivity index (χ1v) is 7.68. The summed E-state index contributed by atoms with van der Waals surface area (Å²) in [6.45, 7) is 4.09. The summed E-state index contributed by atoms with van der Waals surface area (Å²) >= 11 is 0. The quantitative estimate of drug-likeness (QED) is 0.805. The SMILES string of the molecule is Cc1cc(NC(=O)CCc2ccnn2C)c2cccnc2c1C. The van der Waals surface area contributed by atoms with Gasteiger partial charge in [0.05, 0.1) is 11.2 Å². The van der Waals surface area contributed by atoms with Gasteiger partial charge in [0.1, 0.15) is 0 Å². The average Bonchev–Trinajstić information content (AvgIpc) is 2.95. The second-order valence-electron chi connectivity index (χ2n) is 5.76. The van der Waals surface area contributed by atoms with E-state index in [2.05, 4.69) is 22.3 Å². The summed E-state index contributed by atoms with van der Waals surface area (Å²) in [6, 6.07) is 7.83. The molecule has 2 aromatic heterocycles. The number of hydrogen-bond donors (Lipinski definition) is 1. The minimum absolute atomic E-state index is 0.000365. The number of hydrogen-bond acceptors (Lipinski definition) is 3. The highest BCUT2D eigenvalue weighted by Gasteiger charge is 2.11. The van der Waals surface area contributed by atoms with Gasteiger partial charge in [0.25, 0.3) is 0 Å². The van der Waals surface area contributed by atoms with Gasteiger partial charge >= 0.3 is 0 Å². The number of aryl methyl sites for hydroxylation is 4. The zero-order chi connectivity index (χ0) is 16.4. The van der Waals surface area contributed by atoms with Crippen molar-refractivity contribution in [1.29, 1.82) is 0 Å². The van der Waals surface area contributed by atoms with E-state index in [0.717, 1.165) is 33.4 Å². The predicted octanol–water partition coefficient (Wildman–Crippen LogP) is 3.16. The highest BCUT2D eigenvalue weighted by molar-refractivity contribution is 6.02. The van der Waals surface area contributed by atoms with Crippen LogP contribution in [0, 0.1) is 13.8 Å². The molecule has 0 aliphatic rings. The van der Waals surface area contributed by atoms with Gasteiger partial charge in [0.15, 0.2) is 0 Å². The fourth-order valence-corrected chi connectivity index (χ4v) is 2.72. The van der Waals surface area contributed by atoms with Crippen LogP contribution in [0.4, 0.5) is 5.69 Å². The number of pyridine rings is 1. The Morgan fingerprint density at radius 1 is 1.26 bits per heavy atom. The Morgan fingerprint density at radius 3 is 2.83 bits per heavy atom. The van der Waals surface area contributed by atoms with Gasteiger partial charge in [-0.3, -0.25) is 14.5 Å². The van der Waals surface area contributed by atoms with E-state index in [-0.39, 0.29) is 5.91 Å². The Labute approximate surface area is 135 Å². The molecule has 23 heavy (non-hydrogen) atoms. The van der Waals surface area contributed by atoms with Gasteiger partial charge in [0, 0.05) is 36.9 Å². The fourth-order valence-electron chi connectivity index (χ4n) is 2.72. The van der Waals surface area contributed by atoms with Crippen molar-refractivity contribution in [1.82, 2.24) is 14.8 Å². The van der Waals surface area contributed by atoms with E-state index in [4.69, 9.17) is 0 Å². The molecule has 0 atom stereocenters. The van der Waals surface area contributed by atoms with E-state index < -0.39 is 0 Å². The Hall–Kier alpha value is -2.69. The Kier molecular flexibility index (Phi) is 4.10. The molecule has 2 heterocycles. The van der Waals surface area contributed by atoms with Crippen molar-refractivity contribution in [3.05, 3.63) is 53.5 Å². The number of anilines is 1. The van der Waals surface area contributed by atoms with E-state index in [9.17, 15) is 4.79 Å². The van der Waals surface area contributed by atoms with Crippen LogP contribution in [0.2, 0.25) is 0 Å². The van der Waals surface area contributed by atoms with E-state index in [1.165, 1.54) is 0 Å². The van der Waals surface area contributed by atoms with Gasteiger partial charge < -0.3 is 5.32 Å². The normalized spacial score (nSPS) is 10.9. The number of carbonyl (C=O) groups excluding carboxylic acids is 1. The second kappa shape index (κ2) is 6.20. The highest BCUT2D eigenvalue weighted by atomic mass is 16.1. The summed E-state index contributed by atoms with van der Waals surface area (Å²) in [5, 5.41) is 8.12. The van der Waals surface area contributed by atoms with Crippen molar-refractivity contribution in [2.45, 2.75) is 26.7 Å². The molecule has 118 valence electrons. The fraction of sp³-hybridized carbons (Fsp3) is 0.278. The van der Waals surface area contributed by atoms with Gasteiger partial charge in [-0.2, -0.15) is 5.10 Å². The maximum absolute atomic E-state index is 12.3. The lowest BCUT2D eigenvalue weighted by Crippen LogP contribution is -2.14. The molecular weight excluding hydrogens is 288 g/mol. The van der Waals surface area contributed by atoms with E-state index in [1.807, 2.05) is 38.2 Å². The zero-order valence-electron chi connectivity index (χ0n) is 13.6. The molecule has 0 aliphatic heterocycles. The average molecular weight is 308 g/mol. The second-order valence-corrected chi connectivity index (χ2v) is 5.76. The molecule has 1 amide bonds. The first kappa shape index (κ1) is 15.2. The Morgan fingerprint density at radius 2 is 2.09 bits per heavy atom. The van der Waals surface area contributed by atoms with Crippen LogP contribution in [0.25, 0.3) is 10.9 Å². The smallest absolute Gasteiger partial charge is 0.224 e. The third-order valence-corrected chi connectivity index (χ3v) is 4.21. The molecule has 1 N–H and O–H groups in total. The van der Waals surface area contributed by atoms with Crippen LogP contribution in [-0.2, 0) is 18.3 Å². The van der Waals surface area contributed by atoms with Crippen LogP contribution in [0.1, 0.15) is 23.2 Å². The summed E-state index contributed by atoms with van der Waals surface area (Å²) in [5.74, 6) is -0.000365. The van der Waals surface area contributed by atoms with Crippen molar-refractivity contribution in [3.8, 4) is 0 Å². The number of nitrogens with zero attached hydrogens (tertiary/aromatic N) is 3. The zero-order valence-corrected chi connectivity index (χ0v) is 13.6.